The van der Waals surface area contributed by atoms with Crippen LogP contribution in [0, 0.1) is 0 Å². The predicted octanol–water partition coefficient (Wildman–Crippen LogP) is 2.48. The molecule has 0 atom stereocenters. The van der Waals surface area contributed by atoms with Crippen molar-refractivity contribution in [3.05, 3.63) is 32.2 Å². The van der Waals surface area contributed by atoms with Gasteiger partial charge in [0.1, 0.15) is 5.69 Å². The number of rotatable bonds is 7. The van der Waals surface area contributed by atoms with Crippen LogP contribution in [0.25, 0.3) is 0 Å². The van der Waals surface area contributed by atoms with Crippen molar-refractivity contribution in [2.24, 2.45) is 5.73 Å². The lowest BCUT2D eigenvalue weighted by molar-refractivity contribution is 0.0949. The Balaban J connectivity index is 0.00000220. The smallest absolute Gasteiger partial charge is 0.270 e. The third kappa shape index (κ3) is 6.18. The first-order valence-corrected chi connectivity index (χ1v) is 8.28. The van der Waals surface area contributed by atoms with Gasteiger partial charge in [0.2, 0.25) is 0 Å². The maximum atomic E-state index is 11.9. The highest BCUT2D eigenvalue weighted by Crippen LogP contribution is 2.13. The van der Waals surface area contributed by atoms with Crippen LogP contribution in [0.2, 0.25) is 0 Å². The fourth-order valence-corrected chi connectivity index (χ4v) is 3.31. The Morgan fingerprint density at radius 2 is 2.09 bits per heavy atom. The average molecular weight is 383 g/mol. The van der Waals surface area contributed by atoms with Crippen molar-refractivity contribution < 1.29 is 4.79 Å². The van der Waals surface area contributed by atoms with Gasteiger partial charge >= 0.3 is 0 Å². The molecule has 0 unspecified atom stereocenters. The molecule has 2 rings (SSSR count). The van der Waals surface area contributed by atoms with Crippen LogP contribution in [0.1, 0.15) is 32.3 Å². The van der Waals surface area contributed by atoms with Crippen molar-refractivity contribution in [2.75, 3.05) is 13.1 Å². The van der Waals surface area contributed by atoms with Gasteiger partial charge in [-0.3, -0.25) is 4.79 Å². The number of carbonyl (C=O) groups is 1. The zero-order valence-electron chi connectivity index (χ0n) is 12.2. The number of amides is 1. The molecular weight excluding hydrogens is 363 g/mol. The lowest BCUT2D eigenvalue weighted by Crippen LogP contribution is -2.26. The van der Waals surface area contributed by atoms with Gasteiger partial charge in [-0.15, -0.1) is 47.5 Å². The Labute approximate surface area is 150 Å². The molecule has 0 aromatic carbocycles. The first kappa shape index (κ1) is 21.3. The topological polar surface area (TPSA) is 80.9 Å². The second-order valence-electron chi connectivity index (χ2n) is 4.24. The van der Waals surface area contributed by atoms with E-state index in [0.29, 0.717) is 18.8 Å². The van der Waals surface area contributed by atoms with Gasteiger partial charge in [-0.1, -0.05) is 6.92 Å². The molecule has 5 nitrogen and oxygen atoms in total. The van der Waals surface area contributed by atoms with E-state index in [2.05, 4.69) is 22.2 Å². The summed E-state index contributed by atoms with van der Waals surface area (Å²) in [5, 5.41) is 6.61. The fourth-order valence-electron chi connectivity index (χ4n) is 1.65. The molecule has 0 fully saturated rings. The summed E-state index contributed by atoms with van der Waals surface area (Å²) >= 11 is 3.18. The molecule has 0 aliphatic carbocycles. The van der Waals surface area contributed by atoms with Crippen molar-refractivity contribution in [1.82, 2.24) is 15.3 Å². The molecule has 0 aliphatic heterocycles. The zero-order chi connectivity index (χ0) is 14.4. The van der Waals surface area contributed by atoms with E-state index in [0.717, 1.165) is 29.3 Å². The summed E-state index contributed by atoms with van der Waals surface area (Å²) in [7, 11) is 0. The summed E-state index contributed by atoms with van der Waals surface area (Å²) in [5.74, 6) is -0.128. The number of carbonyl (C=O) groups excluding carboxylic acids is 1. The molecule has 22 heavy (non-hydrogen) atoms. The van der Waals surface area contributed by atoms with Gasteiger partial charge in [-0.25, -0.2) is 9.97 Å². The van der Waals surface area contributed by atoms with Gasteiger partial charge in [0.25, 0.3) is 5.91 Å². The molecule has 0 aliphatic rings. The summed E-state index contributed by atoms with van der Waals surface area (Å²) in [6, 6.07) is 0. The minimum Gasteiger partial charge on any atom is -0.350 e. The summed E-state index contributed by atoms with van der Waals surface area (Å²) < 4.78 is 0. The number of nitrogens with zero attached hydrogens (tertiary/aromatic N) is 2. The van der Waals surface area contributed by atoms with Crippen molar-refractivity contribution in [3.8, 4) is 0 Å². The zero-order valence-corrected chi connectivity index (χ0v) is 15.5. The minimum atomic E-state index is -0.128. The standard InChI is InChI=1S/C13H18N4OS2.2ClH/c1-2-9-7-16-11(20-9)4-6-15-13(18)10-8-19-12(17-10)3-5-14;;/h7-8H,2-6,14H2,1H3,(H,15,18);2*1H. The molecule has 2 aromatic heterocycles. The van der Waals surface area contributed by atoms with Crippen LogP contribution in [0.3, 0.4) is 0 Å². The third-order valence-electron chi connectivity index (χ3n) is 2.72. The van der Waals surface area contributed by atoms with Gasteiger partial charge < -0.3 is 11.1 Å². The lowest BCUT2D eigenvalue weighted by Gasteiger charge is -2.00. The van der Waals surface area contributed by atoms with E-state index in [-0.39, 0.29) is 30.7 Å². The van der Waals surface area contributed by atoms with Gasteiger partial charge in [0.05, 0.1) is 10.0 Å². The fraction of sp³-hybridized carbons (Fsp3) is 0.462. The molecule has 0 saturated carbocycles. The Bertz CT molecular complexity index is 574. The molecule has 124 valence electrons. The Morgan fingerprint density at radius 1 is 1.32 bits per heavy atom. The highest BCUT2D eigenvalue weighted by Gasteiger charge is 2.10. The molecule has 0 saturated heterocycles. The quantitative estimate of drug-likeness (QED) is 0.770. The number of hydrogen-bond donors (Lipinski definition) is 2. The summed E-state index contributed by atoms with van der Waals surface area (Å²) in [5.41, 5.74) is 5.94. The normalized spacial score (nSPS) is 9.73. The van der Waals surface area contributed by atoms with Crippen LogP contribution < -0.4 is 11.1 Å². The van der Waals surface area contributed by atoms with Crippen LogP contribution in [0.4, 0.5) is 0 Å². The molecule has 9 heteroatoms. The van der Waals surface area contributed by atoms with E-state index in [1.165, 1.54) is 16.2 Å². The molecule has 0 bridgehead atoms. The van der Waals surface area contributed by atoms with Gasteiger partial charge in [-0.2, -0.15) is 0 Å². The maximum absolute atomic E-state index is 11.9. The highest BCUT2D eigenvalue weighted by atomic mass is 35.5. The number of nitrogens with one attached hydrogen (secondary N) is 1. The van der Waals surface area contributed by atoms with Crippen molar-refractivity contribution in [3.63, 3.8) is 0 Å². The maximum Gasteiger partial charge on any atom is 0.270 e. The van der Waals surface area contributed by atoms with E-state index in [9.17, 15) is 4.79 Å². The summed E-state index contributed by atoms with van der Waals surface area (Å²) in [6.45, 7) is 3.25. The lowest BCUT2D eigenvalue weighted by atomic mass is 10.4. The molecule has 0 radical (unpaired) electrons. The molecule has 2 aromatic rings. The Hall–Kier alpha value is -0.730. The van der Waals surface area contributed by atoms with Crippen molar-refractivity contribution >= 4 is 53.4 Å². The van der Waals surface area contributed by atoms with E-state index < -0.39 is 0 Å². The van der Waals surface area contributed by atoms with E-state index in [1.807, 2.05) is 6.20 Å². The third-order valence-corrected chi connectivity index (χ3v) is 4.83. The number of aryl methyl sites for hydroxylation is 1. The van der Waals surface area contributed by atoms with Gasteiger partial charge in [0, 0.05) is 35.8 Å². The SMILES string of the molecule is CCc1cnc(CCNC(=O)c2csc(CCN)n2)s1.Cl.Cl. The molecule has 0 spiro atoms. The predicted molar refractivity (Wildman–Crippen MR) is 96.9 cm³/mol. The second kappa shape index (κ2) is 10.9. The van der Waals surface area contributed by atoms with Crippen LogP contribution in [-0.2, 0) is 19.3 Å². The van der Waals surface area contributed by atoms with Gasteiger partial charge in [0.15, 0.2) is 0 Å². The van der Waals surface area contributed by atoms with Crippen molar-refractivity contribution in [1.29, 1.82) is 0 Å². The highest BCUT2D eigenvalue weighted by molar-refractivity contribution is 7.11. The molecule has 1 amide bonds. The first-order chi connectivity index (χ1) is 9.72. The Morgan fingerprint density at radius 3 is 2.73 bits per heavy atom. The summed E-state index contributed by atoms with van der Waals surface area (Å²) in [6.07, 6.45) is 4.39. The number of thiazole rings is 2. The monoisotopic (exact) mass is 382 g/mol. The molecule has 2 heterocycles. The number of aromatic nitrogens is 2. The van der Waals surface area contributed by atoms with Crippen LogP contribution in [0.5, 0.6) is 0 Å². The number of halogens is 2. The van der Waals surface area contributed by atoms with Gasteiger partial charge in [-0.05, 0) is 13.0 Å². The van der Waals surface area contributed by atoms with Crippen LogP contribution >= 0.6 is 47.5 Å². The van der Waals surface area contributed by atoms with E-state index >= 15 is 0 Å². The first-order valence-electron chi connectivity index (χ1n) is 6.59. The average Bonchev–Trinajstić information content (AvgIpc) is 3.08. The van der Waals surface area contributed by atoms with E-state index in [4.69, 9.17) is 5.73 Å². The van der Waals surface area contributed by atoms with E-state index in [1.54, 1.807) is 16.7 Å². The Kier molecular flexibility index (Phi) is 10.5. The van der Waals surface area contributed by atoms with Crippen molar-refractivity contribution in [2.45, 2.75) is 26.2 Å². The largest absolute Gasteiger partial charge is 0.350 e. The second-order valence-corrected chi connectivity index (χ2v) is 6.39. The molecule has 3 N–H and O–H groups in total. The minimum absolute atomic E-state index is 0. The molecular formula is C13H20Cl2N4OS2. The number of hydrogen-bond acceptors (Lipinski definition) is 6. The van der Waals surface area contributed by atoms with Crippen LogP contribution in [-0.4, -0.2) is 29.0 Å². The summed E-state index contributed by atoms with van der Waals surface area (Å²) in [4.78, 5) is 21.8. The number of nitrogens with two attached hydrogens (primary N) is 1. The van der Waals surface area contributed by atoms with Crippen LogP contribution in [0.15, 0.2) is 11.6 Å².